The van der Waals surface area contributed by atoms with Crippen LogP contribution < -0.4 is 9.47 Å². The normalized spacial score (nSPS) is 16.7. The highest BCUT2D eigenvalue weighted by Gasteiger charge is 2.30. The standard InChI is InChI=1S/C15H23NO2/c1-12(13-8-9-13)16(2)10-11-18-15-7-5-4-6-14(15)17-3/h4-7,12-13H,8-11H2,1-3H3. The van der Waals surface area contributed by atoms with Gasteiger partial charge < -0.3 is 14.4 Å². The summed E-state index contributed by atoms with van der Waals surface area (Å²) in [7, 11) is 3.85. The van der Waals surface area contributed by atoms with Crippen LogP contribution in [0.5, 0.6) is 11.5 Å². The Bertz CT molecular complexity index is 377. The van der Waals surface area contributed by atoms with Gasteiger partial charge in [0.1, 0.15) is 6.61 Å². The molecule has 3 nitrogen and oxygen atoms in total. The molecule has 1 fully saturated rings. The van der Waals surface area contributed by atoms with Gasteiger partial charge in [0.2, 0.25) is 0 Å². The highest BCUT2D eigenvalue weighted by Crippen LogP contribution is 2.34. The van der Waals surface area contributed by atoms with Gasteiger partial charge in [-0.3, -0.25) is 0 Å². The second kappa shape index (κ2) is 6.10. The van der Waals surface area contributed by atoms with Crippen LogP contribution >= 0.6 is 0 Å². The van der Waals surface area contributed by atoms with E-state index in [0.717, 1.165) is 24.0 Å². The minimum atomic E-state index is 0.672. The van der Waals surface area contributed by atoms with Crippen molar-refractivity contribution in [3.63, 3.8) is 0 Å². The van der Waals surface area contributed by atoms with Gasteiger partial charge in [-0.15, -0.1) is 0 Å². The maximum atomic E-state index is 5.78. The number of likely N-dealkylation sites (N-methyl/N-ethyl adjacent to an activating group) is 1. The van der Waals surface area contributed by atoms with E-state index in [1.165, 1.54) is 12.8 Å². The SMILES string of the molecule is COc1ccccc1OCCN(C)C(C)C1CC1. The number of hydrogen-bond acceptors (Lipinski definition) is 3. The lowest BCUT2D eigenvalue weighted by atomic mass is 10.2. The zero-order chi connectivity index (χ0) is 13.0. The number of ether oxygens (including phenoxy) is 2. The molecule has 100 valence electrons. The van der Waals surface area contributed by atoms with Gasteiger partial charge in [-0.1, -0.05) is 12.1 Å². The van der Waals surface area contributed by atoms with Crippen molar-refractivity contribution >= 4 is 0 Å². The molecule has 0 spiro atoms. The van der Waals surface area contributed by atoms with E-state index in [2.05, 4.69) is 18.9 Å². The van der Waals surface area contributed by atoms with Crippen molar-refractivity contribution in [3.8, 4) is 11.5 Å². The lowest BCUT2D eigenvalue weighted by molar-refractivity contribution is 0.183. The molecule has 1 aromatic rings. The minimum absolute atomic E-state index is 0.672. The van der Waals surface area contributed by atoms with Crippen molar-refractivity contribution in [2.45, 2.75) is 25.8 Å². The predicted octanol–water partition coefficient (Wildman–Crippen LogP) is 2.80. The molecule has 3 heteroatoms. The van der Waals surface area contributed by atoms with Crippen LogP contribution in [0.25, 0.3) is 0 Å². The first kappa shape index (κ1) is 13.2. The Morgan fingerprint density at radius 2 is 1.94 bits per heavy atom. The summed E-state index contributed by atoms with van der Waals surface area (Å²) in [6, 6.07) is 8.46. The van der Waals surface area contributed by atoms with Crippen molar-refractivity contribution in [3.05, 3.63) is 24.3 Å². The third-order valence-electron chi connectivity index (χ3n) is 3.77. The van der Waals surface area contributed by atoms with E-state index in [-0.39, 0.29) is 0 Å². The Kier molecular flexibility index (Phi) is 4.48. The molecule has 0 N–H and O–H groups in total. The van der Waals surface area contributed by atoms with Crippen LogP contribution in [0.15, 0.2) is 24.3 Å². The van der Waals surface area contributed by atoms with Gasteiger partial charge in [-0.25, -0.2) is 0 Å². The van der Waals surface area contributed by atoms with Crippen molar-refractivity contribution in [2.75, 3.05) is 27.3 Å². The Morgan fingerprint density at radius 1 is 1.28 bits per heavy atom. The molecule has 1 unspecified atom stereocenters. The topological polar surface area (TPSA) is 21.7 Å². The zero-order valence-corrected chi connectivity index (χ0v) is 11.6. The quantitative estimate of drug-likeness (QED) is 0.741. The Hall–Kier alpha value is -1.22. The summed E-state index contributed by atoms with van der Waals surface area (Å²) in [5.74, 6) is 2.53. The van der Waals surface area contributed by atoms with Crippen LogP contribution in [0.1, 0.15) is 19.8 Å². The molecular weight excluding hydrogens is 226 g/mol. The van der Waals surface area contributed by atoms with Gasteiger partial charge in [-0.05, 0) is 44.9 Å². The summed E-state index contributed by atoms with van der Waals surface area (Å²) >= 11 is 0. The largest absolute Gasteiger partial charge is 0.493 e. The molecule has 1 aliphatic rings. The van der Waals surface area contributed by atoms with Crippen LogP contribution in [0, 0.1) is 5.92 Å². The van der Waals surface area contributed by atoms with Gasteiger partial charge in [0.05, 0.1) is 7.11 Å². The summed E-state index contributed by atoms with van der Waals surface area (Å²) in [5, 5.41) is 0. The molecule has 0 aliphatic heterocycles. The number of nitrogens with zero attached hydrogens (tertiary/aromatic N) is 1. The van der Waals surface area contributed by atoms with Gasteiger partial charge >= 0.3 is 0 Å². The lowest BCUT2D eigenvalue weighted by Crippen LogP contribution is -2.34. The van der Waals surface area contributed by atoms with E-state index in [9.17, 15) is 0 Å². The Morgan fingerprint density at radius 3 is 2.56 bits per heavy atom. The Balaban J connectivity index is 1.77. The maximum absolute atomic E-state index is 5.78. The molecule has 1 saturated carbocycles. The van der Waals surface area contributed by atoms with Crippen molar-refractivity contribution in [1.82, 2.24) is 4.90 Å². The second-order valence-corrected chi connectivity index (χ2v) is 5.06. The number of hydrogen-bond donors (Lipinski definition) is 0. The molecule has 0 radical (unpaired) electrons. The van der Waals surface area contributed by atoms with E-state index in [1.807, 2.05) is 24.3 Å². The summed E-state index contributed by atoms with van der Waals surface area (Å²) in [6.07, 6.45) is 2.78. The Labute approximate surface area is 110 Å². The summed E-state index contributed by atoms with van der Waals surface area (Å²) in [4.78, 5) is 2.38. The smallest absolute Gasteiger partial charge is 0.161 e. The van der Waals surface area contributed by atoms with E-state index in [0.29, 0.717) is 12.6 Å². The molecule has 0 bridgehead atoms. The fourth-order valence-electron chi connectivity index (χ4n) is 2.18. The number of para-hydroxylation sites is 2. The van der Waals surface area contributed by atoms with Crippen LogP contribution in [-0.2, 0) is 0 Å². The van der Waals surface area contributed by atoms with Gasteiger partial charge in [-0.2, -0.15) is 0 Å². The average molecular weight is 249 g/mol. The number of methoxy groups -OCH3 is 1. The minimum Gasteiger partial charge on any atom is -0.493 e. The van der Waals surface area contributed by atoms with Crippen molar-refractivity contribution in [2.24, 2.45) is 5.92 Å². The monoisotopic (exact) mass is 249 g/mol. The molecule has 0 amide bonds. The molecule has 1 aliphatic carbocycles. The lowest BCUT2D eigenvalue weighted by Gasteiger charge is -2.24. The molecule has 18 heavy (non-hydrogen) atoms. The van der Waals surface area contributed by atoms with Crippen LogP contribution in [0.3, 0.4) is 0 Å². The van der Waals surface area contributed by atoms with Gasteiger partial charge in [0.15, 0.2) is 11.5 Å². The van der Waals surface area contributed by atoms with Crippen molar-refractivity contribution in [1.29, 1.82) is 0 Å². The van der Waals surface area contributed by atoms with Crippen LogP contribution in [0.4, 0.5) is 0 Å². The third kappa shape index (κ3) is 3.39. The van der Waals surface area contributed by atoms with Crippen LogP contribution in [0.2, 0.25) is 0 Å². The fraction of sp³-hybridized carbons (Fsp3) is 0.600. The molecular formula is C15H23NO2. The summed E-state index contributed by atoms with van der Waals surface area (Å²) < 4.78 is 11.0. The second-order valence-electron chi connectivity index (χ2n) is 5.06. The fourth-order valence-corrected chi connectivity index (χ4v) is 2.18. The van der Waals surface area contributed by atoms with E-state index in [4.69, 9.17) is 9.47 Å². The maximum Gasteiger partial charge on any atom is 0.161 e. The third-order valence-corrected chi connectivity index (χ3v) is 3.77. The van der Waals surface area contributed by atoms with Gasteiger partial charge in [0.25, 0.3) is 0 Å². The first-order valence-corrected chi connectivity index (χ1v) is 6.68. The molecule has 0 heterocycles. The number of benzene rings is 1. The van der Waals surface area contributed by atoms with Gasteiger partial charge in [0, 0.05) is 12.6 Å². The first-order chi connectivity index (χ1) is 8.72. The van der Waals surface area contributed by atoms with Crippen LogP contribution in [-0.4, -0.2) is 38.3 Å². The van der Waals surface area contributed by atoms with E-state index in [1.54, 1.807) is 7.11 Å². The highest BCUT2D eigenvalue weighted by atomic mass is 16.5. The van der Waals surface area contributed by atoms with E-state index >= 15 is 0 Å². The number of rotatable bonds is 7. The highest BCUT2D eigenvalue weighted by molar-refractivity contribution is 5.39. The van der Waals surface area contributed by atoms with Crippen molar-refractivity contribution < 1.29 is 9.47 Å². The summed E-state index contributed by atoms with van der Waals surface area (Å²) in [5.41, 5.74) is 0. The molecule has 2 rings (SSSR count). The predicted molar refractivity (Wildman–Crippen MR) is 73.3 cm³/mol. The molecule has 1 atom stereocenters. The molecule has 1 aromatic carbocycles. The van der Waals surface area contributed by atoms with E-state index < -0.39 is 0 Å². The molecule has 0 aromatic heterocycles. The zero-order valence-electron chi connectivity index (χ0n) is 11.6. The molecule has 0 saturated heterocycles. The first-order valence-electron chi connectivity index (χ1n) is 6.68. The average Bonchev–Trinajstić information content (AvgIpc) is 3.22. The summed E-state index contributed by atoms with van der Waals surface area (Å²) in [6.45, 7) is 3.96.